The molecule has 0 unspecified atom stereocenters. The van der Waals surface area contributed by atoms with Gasteiger partial charge in [0.2, 0.25) is 11.8 Å². The van der Waals surface area contributed by atoms with Gasteiger partial charge < -0.3 is 20.4 Å². The highest BCUT2D eigenvalue weighted by molar-refractivity contribution is 7.22. The summed E-state index contributed by atoms with van der Waals surface area (Å²) in [6.07, 6.45) is 7.37. The normalized spacial score (nSPS) is 16.9. The Balaban J connectivity index is 0.000000157. The number of aromatic nitrogens is 4. The molecule has 2 atom stereocenters. The van der Waals surface area contributed by atoms with Crippen molar-refractivity contribution in [1.29, 1.82) is 10.5 Å². The quantitative estimate of drug-likeness (QED) is 0.195. The molecule has 0 saturated carbocycles. The fourth-order valence-electron chi connectivity index (χ4n) is 6.13. The number of benzene rings is 3. The van der Waals surface area contributed by atoms with Gasteiger partial charge in [-0.15, -0.1) is 0 Å². The molecule has 3 aromatic heterocycles. The highest BCUT2D eigenvalue weighted by Gasteiger charge is 2.29. The summed E-state index contributed by atoms with van der Waals surface area (Å²) in [5, 5.41) is 29.0. The second-order valence-electron chi connectivity index (χ2n) is 12.2. The first-order valence-corrected chi connectivity index (χ1v) is 17.8. The predicted molar refractivity (Wildman–Crippen MR) is 195 cm³/mol. The Morgan fingerprint density at radius 3 is 1.78 bits per heavy atom. The van der Waals surface area contributed by atoms with E-state index in [-0.39, 0.29) is 23.7 Å². The van der Waals surface area contributed by atoms with Crippen LogP contribution in [0.1, 0.15) is 12.8 Å². The summed E-state index contributed by atoms with van der Waals surface area (Å²) in [5.74, 6) is -0.424. The van der Waals surface area contributed by atoms with Gasteiger partial charge in [0.1, 0.15) is 0 Å². The lowest BCUT2D eigenvalue weighted by Crippen LogP contribution is -2.25. The first-order valence-electron chi connectivity index (χ1n) is 16.1. The fraction of sp³-hybridized carbons (Fsp3) is 0.250. The molecule has 5 heterocycles. The van der Waals surface area contributed by atoms with Crippen molar-refractivity contribution in [1.82, 2.24) is 29.5 Å². The number of thiazole rings is 2. The van der Waals surface area contributed by atoms with Crippen LogP contribution in [0, 0.1) is 34.7 Å². The van der Waals surface area contributed by atoms with Crippen LogP contribution < -0.4 is 10.6 Å². The van der Waals surface area contributed by atoms with Gasteiger partial charge in [0.05, 0.1) is 38.0 Å². The number of rotatable bonds is 6. The van der Waals surface area contributed by atoms with Gasteiger partial charge in [-0.25, -0.2) is 9.97 Å². The summed E-state index contributed by atoms with van der Waals surface area (Å²) in [6, 6.07) is 24.3. The maximum Gasteiger partial charge on any atom is 0.231 e. The number of amides is 2. The molecule has 6 aromatic rings. The Bertz CT molecular complexity index is 2270. The Labute approximate surface area is 296 Å². The van der Waals surface area contributed by atoms with Crippen LogP contribution in [-0.4, -0.2) is 67.5 Å². The van der Waals surface area contributed by atoms with E-state index in [4.69, 9.17) is 10.5 Å². The average molecular weight is 701 g/mol. The zero-order chi connectivity index (χ0) is 34.6. The third-order valence-corrected chi connectivity index (χ3v) is 10.7. The first kappa shape index (κ1) is 32.7. The molecule has 14 heteroatoms. The molecule has 0 aliphatic carbocycles. The number of likely N-dealkylation sites (tertiary alicyclic amines) is 2. The van der Waals surface area contributed by atoms with Crippen molar-refractivity contribution in [3.63, 3.8) is 0 Å². The topological polar surface area (TPSA) is 156 Å². The Kier molecular flexibility index (Phi) is 9.38. The van der Waals surface area contributed by atoms with E-state index in [1.807, 2.05) is 60.3 Å². The number of nitrogens with zero attached hydrogens (tertiary/aromatic N) is 8. The summed E-state index contributed by atoms with van der Waals surface area (Å²) >= 11 is 2.94. The van der Waals surface area contributed by atoms with Crippen LogP contribution in [0.2, 0.25) is 0 Å². The van der Waals surface area contributed by atoms with E-state index in [1.165, 1.54) is 22.7 Å². The second-order valence-corrected chi connectivity index (χ2v) is 14.2. The van der Waals surface area contributed by atoms with E-state index in [2.05, 4.69) is 62.4 Å². The molecule has 8 rings (SSSR count). The van der Waals surface area contributed by atoms with Crippen molar-refractivity contribution >= 4 is 65.2 Å². The van der Waals surface area contributed by atoms with Crippen molar-refractivity contribution in [2.45, 2.75) is 12.8 Å². The molecule has 3 aromatic carbocycles. The molecule has 12 nitrogen and oxygen atoms in total. The number of nitriles is 2. The highest BCUT2D eigenvalue weighted by atomic mass is 32.1. The van der Waals surface area contributed by atoms with E-state index in [9.17, 15) is 9.59 Å². The molecular formula is C36H32N10O2S2. The Morgan fingerprint density at radius 2 is 1.28 bits per heavy atom. The number of anilines is 2. The molecule has 0 bridgehead atoms. The lowest BCUT2D eigenvalue weighted by Gasteiger charge is -2.08. The Hall–Kier alpha value is -5.83. The van der Waals surface area contributed by atoms with Gasteiger partial charge in [0.25, 0.3) is 0 Å². The lowest BCUT2D eigenvalue weighted by atomic mass is 10.1. The molecule has 0 radical (unpaired) electrons. The molecule has 2 aliphatic heterocycles. The maximum atomic E-state index is 12.4. The van der Waals surface area contributed by atoms with E-state index in [0.717, 1.165) is 42.8 Å². The third kappa shape index (κ3) is 7.12. The monoisotopic (exact) mass is 700 g/mol. The minimum atomic E-state index is -0.156. The van der Waals surface area contributed by atoms with Crippen LogP contribution in [0.5, 0.6) is 0 Å². The zero-order valence-corrected chi connectivity index (χ0v) is 28.7. The minimum absolute atomic E-state index is 0.0555. The van der Waals surface area contributed by atoms with Crippen molar-refractivity contribution in [3.8, 4) is 34.8 Å². The number of aryl methyl sites for hydroxylation is 1. The van der Waals surface area contributed by atoms with Crippen molar-refractivity contribution in [2.75, 3.05) is 36.8 Å². The van der Waals surface area contributed by atoms with Crippen LogP contribution in [-0.2, 0) is 16.6 Å². The lowest BCUT2D eigenvalue weighted by molar-refractivity contribution is -0.120. The Morgan fingerprint density at radius 1 is 0.740 bits per heavy atom. The van der Waals surface area contributed by atoms with Crippen LogP contribution in [0.4, 0.5) is 10.3 Å². The maximum absolute atomic E-state index is 12.4. The summed E-state index contributed by atoms with van der Waals surface area (Å²) in [7, 11) is 1.91. The molecule has 50 heavy (non-hydrogen) atoms. The predicted octanol–water partition coefficient (Wildman–Crippen LogP) is 6.14. The molecule has 250 valence electrons. The first-order chi connectivity index (χ1) is 24.4. The number of hydrogen-bond acceptors (Lipinski definition) is 11. The largest absolute Gasteiger partial charge is 0.310 e. The van der Waals surface area contributed by atoms with E-state index >= 15 is 0 Å². The van der Waals surface area contributed by atoms with E-state index in [1.54, 1.807) is 16.0 Å². The van der Waals surface area contributed by atoms with Gasteiger partial charge in [-0.05, 0) is 54.3 Å². The molecule has 2 saturated heterocycles. The van der Waals surface area contributed by atoms with Crippen LogP contribution in [0.3, 0.4) is 0 Å². The number of nitrogens with one attached hydrogen (secondary N) is 2. The smallest absolute Gasteiger partial charge is 0.231 e. The molecule has 2 aliphatic rings. The van der Waals surface area contributed by atoms with Crippen molar-refractivity contribution in [3.05, 3.63) is 79.0 Å². The number of carbonyl (C=O) groups is 2. The summed E-state index contributed by atoms with van der Waals surface area (Å²) < 4.78 is 3.88. The van der Waals surface area contributed by atoms with Gasteiger partial charge in [-0.3, -0.25) is 14.3 Å². The van der Waals surface area contributed by atoms with Crippen molar-refractivity contribution in [2.24, 2.45) is 18.9 Å². The van der Waals surface area contributed by atoms with Gasteiger partial charge in [-0.1, -0.05) is 65.1 Å². The van der Waals surface area contributed by atoms with Crippen LogP contribution in [0.25, 0.3) is 42.8 Å². The number of hydrogen-bond donors (Lipinski definition) is 2. The molecular weight excluding hydrogens is 669 g/mol. The average Bonchev–Trinajstić information content (AvgIpc) is 3.98. The highest BCUT2D eigenvalue weighted by Crippen LogP contribution is 2.32. The van der Waals surface area contributed by atoms with Crippen LogP contribution in [0.15, 0.2) is 79.0 Å². The van der Waals surface area contributed by atoms with Gasteiger partial charge in [0, 0.05) is 45.0 Å². The van der Waals surface area contributed by atoms with E-state index < -0.39 is 0 Å². The second kappa shape index (κ2) is 14.3. The molecule has 2 N–H and O–H groups in total. The zero-order valence-electron chi connectivity index (χ0n) is 27.1. The van der Waals surface area contributed by atoms with Crippen LogP contribution >= 0.6 is 22.7 Å². The van der Waals surface area contributed by atoms with Gasteiger partial charge in [0.15, 0.2) is 22.6 Å². The van der Waals surface area contributed by atoms with E-state index in [0.29, 0.717) is 49.3 Å². The van der Waals surface area contributed by atoms with Gasteiger partial charge in [-0.2, -0.15) is 15.6 Å². The molecule has 0 spiro atoms. The fourth-order valence-corrected chi connectivity index (χ4v) is 7.94. The molecule has 2 fully saturated rings. The standard InChI is InChI=1S/C19H16N4OS.C17H16N6OS/c20-12-23-9-8-15(11-23)18(24)22-19-21-16-7-6-14(10-17(16)25-19)13-4-2-1-3-5-13;1-22-14(4-6-19-22)11-2-3-13-15(8-11)25-17(20-13)21-16(24)12-5-7-23(9-12)10-18/h1-7,10,15H,8-9,11H2,(H,21,22,24);2-4,6,8,12H,5,7,9H2,1H3,(H,20,21,24)/t15-;12-/m00/s1. The summed E-state index contributed by atoms with van der Waals surface area (Å²) in [4.78, 5) is 37.0. The van der Waals surface area contributed by atoms with Gasteiger partial charge >= 0.3 is 0 Å². The number of carbonyl (C=O) groups excluding carboxylic acids is 2. The third-order valence-electron chi connectivity index (χ3n) is 8.86. The van der Waals surface area contributed by atoms with Crippen molar-refractivity contribution < 1.29 is 9.59 Å². The minimum Gasteiger partial charge on any atom is -0.310 e. The summed E-state index contributed by atoms with van der Waals surface area (Å²) in [6.45, 7) is 2.26. The molecule has 2 amide bonds. The number of fused-ring (bicyclic) bond motifs is 2. The SMILES string of the molecule is Cn1nccc1-c1ccc2nc(NC(=O)[C@H]3CCN(C#N)C3)sc2c1.N#CN1CC[C@H](C(=O)Nc2nc3ccc(-c4ccccc4)cc3s2)C1. The summed E-state index contributed by atoms with van der Waals surface area (Å²) in [5.41, 5.74) is 6.13.